The molecule has 2 heterocycles. The van der Waals surface area contributed by atoms with Crippen LogP contribution in [0.3, 0.4) is 0 Å². The average molecular weight is 277 g/mol. The largest absolute Gasteiger partial charge is 0.341 e. The van der Waals surface area contributed by atoms with E-state index in [0.717, 1.165) is 37.8 Å². The van der Waals surface area contributed by atoms with Gasteiger partial charge in [0.1, 0.15) is 0 Å². The highest BCUT2D eigenvalue weighted by Gasteiger charge is 2.22. The third-order valence-corrected chi connectivity index (χ3v) is 4.11. The Bertz CT molecular complexity index is 424. The monoisotopic (exact) mass is 277 g/mol. The lowest BCUT2D eigenvalue weighted by Crippen LogP contribution is -2.42. The summed E-state index contributed by atoms with van der Waals surface area (Å²) >= 11 is 0. The van der Waals surface area contributed by atoms with Gasteiger partial charge in [0.05, 0.1) is 0 Å². The van der Waals surface area contributed by atoms with E-state index in [9.17, 15) is 0 Å². The van der Waals surface area contributed by atoms with Gasteiger partial charge in [-0.15, -0.1) is 0 Å². The number of nitrogens with zero attached hydrogens (tertiary/aromatic N) is 4. The first-order valence-electron chi connectivity index (χ1n) is 7.56. The zero-order valence-electron chi connectivity index (χ0n) is 13.2. The SMILES string of the molecule is CCNCc1cnc(N2CCC(N(C)C)CC2)nc1C. The van der Waals surface area contributed by atoms with Gasteiger partial charge in [-0.05, 0) is 40.4 Å². The highest BCUT2D eigenvalue weighted by atomic mass is 15.3. The van der Waals surface area contributed by atoms with Crippen molar-refractivity contribution >= 4 is 5.95 Å². The molecule has 20 heavy (non-hydrogen) atoms. The summed E-state index contributed by atoms with van der Waals surface area (Å²) in [6, 6.07) is 0.695. The molecule has 1 aromatic rings. The van der Waals surface area contributed by atoms with E-state index in [1.807, 2.05) is 6.20 Å². The first-order valence-corrected chi connectivity index (χ1v) is 7.56. The van der Waals surface area contributed by atoms with Crippen molar-refractivity contribution in [1.29, 1.82) is 0 Å². The molecule has 1 fully saturated rings. The number of anilines is 1. The number of hydrogen-bond donors (Lipinski definition) is 1. The standard InChI is InChI=1S/C15H27N5/c1-5-16-10-13-11-17-15(18-12(13)2)20-8-6-14(7-9-20)19(3)4/h11,14,16H,5-10H2,1-4H3. The van der Waals surface area contributed by atoms with Crippen molar-refractivity contribution in [3.8, 4) is 0 Å². The summed E-state index contributed by atoms with van der Waals surface area (Å²) in [4.78, 5) is 13.9. The van der Waals surface area contributed by atoms with Crippen molar-refractivity contribution in [2.45, 2.75) is 39.3 Å². The van der Waals surface area contributed by atoms with E-state index in [4.69, 9.17) is 0 Å². The minimum absolute atomic E-state index is 0.695. The van der Waals surface area contributed by atoms with Crippen molar-refractivity contribution in [1.82, 2.24) is 20.2 Å². The molecule has 0 amide bonds. The molecule has 0 atom stereocenters. The molecule has 1 N–H and O–H groups in total. The summed E-state index contributed by atoms with van der Waals surface area (Å²) in [6.07, 6.45) is 4.35. The number of piperidine rings is 1. The quantitative estimate of drug-likeness (QED) is 0.882. The Kier molecular flexibility index (Phi) is 5.31. The molecule has 0 aliphatic carbocycles. The van der Waals surface area contributed by atoms with Crippen LogP contribution in [0.15, 0.2) is 6.20 Å². The van der Waals surface area contributed by atoms with Crippen molar-refractivity contribution in [3.63, 3.8) is 0 Å². The van der Waals surface area contributed by atoms with E-state index in [0.29, 0.717) is 6.04 Å². The molecule has 1 aliphatic rings. The molecule has 5 heteroatoms. The van der Waals surface area contributed by atoms with E-state index in [-0.39, 0.29) is 0 Å². The van der Waals surface area contributed by atoms with Gasteiger partial charge >= 0.3 is 0 Å². The molecule has 0 spiro atoms. The predicted molar refractivity (Wildman–Crippen MR) is 83.1 cm³/mol. The van der Waals surface area contributed by atoms with Crippen molar-refractivity contribution in [2.24, 2.45) is 0 Å². The van der Waals surface area contributed by atoms with Crippen LogP contribution in [-0.4, -0.2) is 54.6 Å². The van der Waals surface area contributed by atoms with Crippen LogP contribution < -0.4 is 10.2 Å². The Morgan fingerprint density at radius 3 is 2.60 bits per heavy atom. The number of nitrogens with one attached hydrogen (secondary N) is 1. The van der Waals surface area contributed by atoms with E-state index < -0.39 is 0 Å². The third kappa shape index (κ3) is 3.67. The van der Waals surface area contributed by atoms with Crippen LogP contribution in [0.25, 0.3) is 0 Å². The van der Waals surface area contributed by atoms with E-state index >= 15 is 0 Å². The van der Waals surface area contributed by atoms with Crippen LogP contribution >= 0.6 is 0 Å². The zero-order valence-corrected chi connectivity index (χ0v) is 13.2. The molecule has 0 unspecified atom stereocenters. The summed E-state index contributed by atoms with van der Waals surface area (Å²) in [7, 11) is 4.33. The molecule has 0 radical (unpaired) electrons. The van der Waals surface area contributed by atoms with Gasteiger partial charge in [0.2, 0.25) is 5.95 Å². The van der Waals surface area contributed by atoms with E-state index in [2.05, 4.69) is 53.0 Å². The fourth-order valence-corrected chi connectivity index (χ4v) is 2.65. The zero-order chi connectivity index (χ0) is 14.5. The van der Waals surface area contributed by atoms with Gasteiger partial charge in [-0.2, -0.15) is 0 Å². The second-order valence-corrected chi connectivity index (χ2v) is 5.74. The van der Waals surface area contributed by atoms with Gasteiger partial charge in [0.15, 0.2) is 0 Å². The van der Waals surface area contributed by atoms with E-state index in [1.165, 1.54) is 18.4 Å². The van der Waals surface area contributed by atoms with Gasteiger partial charge in [-0.3, -0.25) is 0 Å². The molecule has 2 rings (SSSR count). The number of aryl methyl sites for hydroxylation is 1. The topological polar surface area (TPSA) is 44.3 Å². The normalized spacial score (nSPS) is 16.9. The Morgan fingerprint density at radius 1 is 1.35 bits per heavy atom. The Hall–Kier alpha value is -1.20. The van der Waals surface area contributed by atoms with Crippen LogP contribution in [0.5, 0.6) is 0 Å². The van der Waals surface area contributed by atoms with Crippen LogP contribution in [0.2, 0.25) is 0 Å². The molecular weight excluding hydrogens is 250 g/mol. The lowest BCUT2D eigenvalue weighted by Gasteiger charge is -2.35. The fourth-order valence-electron chi connectivity index (χ4n) is 2.65. The minimum atomic E-state index is 0.695. The van der Waals surface area contributed by atoms with Gasteiger partial charge in [0.25, 0.3) is 0 Å². The summed E-state index contributed by atoms with van der Waals surface area (Å²) in [5.41, 5.74) is 2.28. The Labute approximate surface area is 122 Å². The number of hydrogen-bond acceptors (Lipinski definition) is 5. The number of aromatic nitrogens is 2. The Balaban J connectivity index is 1.98. The first-order chi connectivity index (χ1) is 9.61. The van der Waals surface area contributed by atoms with Crippen molar-refractivity contribution in [3.05, 3.63) is 17.5 Å². The van der Waals surface area contributed by atoms with E-state index in [1.54, 1.807) is 0 Å². The smallest absolute Gasteiger partial charge is 0.225 e. The molecule has 112 valence electrons. The molecule has 1 saturated heterocycles. The van der Waals surface area contributed by atoms with Crippen LogP contribution in [0, 0.1) is 6.92 Å². The summed E-state index contributed by atoms with van der Waals surface area (Å²) in [5, 5.41) is 3.32. The molecule has 1 aliphatic heterocycles. The summed E-state index contributed by atoms with van der Waals surface area (Å²) in [5.74, 6) is 0.889. The van der Waals surface area contributed by atoms with Crippen LogP contribution in [0.1, 0.15) is 31.0 Å². The highest BCUT2D eigenvalue weighted by molar-refractivity contribution is 5.33. The summed E-state index contributed by atoms with van der Waals surface area (Å²) < 4.78 is 0. The molecule has 5 nitrogen and oxygen atoms in total. The first kappa shape index (κ1) is 15.2. The second-order valence-electron chi connectivity index (χ2n) is 5.74. The van der Waals surface area contributed by atoms with Gasteiger partial charge in [-0.1, -0.05) is 6.92 Å². The van der Waals surface area contributed by atoms with Gasteiger partial charge in [0, 0.05) is 43.1 Å². The lowest BCUT2D eigenvalue weighted by atomic mass is 10.0. The van der Waals surface area contributed by atoms with Gasteiger partial charge in [-0.25, -0.2) is 9.97 Å². The number of rotatable bonds is 5. The maximum Gasteiger partial charge on any atom is 0.225 e. The van der Waals surface area contributed by atoms with Crippen LogP contribution in [-0.2, 0) is 6.54 Å². The lowest BCUT2D eigenvalue weighted by molar-refractivity contribution is 0.249. The predicted octanol–water partition coefficient (Wildman–Crippen LogP) is 1.42. The molecule has 1 aromatic heterocycles. The maximum absolute atomic E-state index is 4.68. The fraction of sp³-hybridized carbons (Fsp3) is 0.733. The highest BCUT2D eigenvalue weighted by Crippen LogP contribution is 2.19. The van der Waals surface area contributed by atoms with Crippen molar-refractivity contribution in [2.75, 3.05) is 38.6 Å². The van der Waals surface area contributed by atoms with Gasteiger partial charge < -0.3 is 15.1 Å². The Morgan fingerprint density at radius 2 is 2.05 bits per heavy atom. The average Bonchev–Trinajstić information content (AvgIpc) is 2.46. The summed E-state index contributed by atoms with van der Waals surface area (Å²) in [6.45, 7) is 8.11. The molecule has 0 saturated carbocycles. The van der Waals surface area contributed by atoms with Crippen molar-refractivity contribution < 1.29 is 0 Å². The maximum atomic E-state index is 4.68. The molecular formula is C15H27N5. The van der Waals surface area contributed by atoms with Crippen LogP contribution in [0.4, 0.5) is 5.95 Å². The minimum Gasteiger partial charge on any atom is -0.341 e. The molecule has 0 aromatic carbocycles. The second kappa shape index (κ2) is 6.99. The molecule has 0 bridgehead atoms. The third-order valence-electron chi connectivity index (χ3n) is 4.11.